The Morgan fingerprint density at radius 3 is 2.45 bits per heavy atom. The Labute approximate surface area is 132 Å². The van der Waals surface area contributed by atoms with Crippen molar-refractivity contribution in [2.45, 2.75) is 18.9 Å². The standard InChI is InChI=1S/C16H15BrClNO/c1-20-16-14(17)8-12(18)9-15(16)19-13-6-10-4-2-3-5-11(10)7-13/h2-5,8-9,13,19H,6-7H2,1H3. The summed E-state index contributed by atoms with van der Waals surface area (Å²) in [6.07, 6.45) is 2.06. The fourth-order valence-corrected chi connectivity index (χ4v) is 3.73. The molecule has 0 bridgehead atoms. The predicted octanol–water partition coefficient (Wildman–Crippen LogP) is 4.69. The van der Waals surface area contributed by atoms with Gasteiger partial charge < -0.3 is 10.1 Å². The Bertz CT molecular complexity index is 619. The lowest BCUT2D eigenvalue weighted by Crippen LogP contribution is -2.20. The van der Waals surface area contributed by atoms with Gasteiger partial charge in [0.15, 0.2) is 5.75 Å². The molecule has 1 aliphatic carbocycles. The van der Waals surface area contributed by atoms with Crippen molar-refractivity contribution < 1.29 is 4.74 Å². The van der Waals surface area contributed by atoms with E-state index in [0.29, 0.717) is 11.1 Å². The maximum absolute atomic E-state index is 6.13. The van der Waals surface area contributed by atoms with E-state index in [1.807, 2.05) is 12.1 Å². The Hall–Kier alpha value is -1.19. The maximum atomic E-state index is 6.13. The molecule has 0 unspecified atom stereocenters. The molecule has 0 aromatic heterocycles. The second-order valence-electron chi connectivity index (χ2n) is 4.99. The fourth-order valence-electron chi connectivity index (χ4n) is 2.76. The minimum absolute atomic E-state index is 0.381. The second kappa shape index (κ2) is 5.66. The van der Waals surface area contributed by atoms with E-state index in [-0.39, 0.29) is 0 Å². The van der Waals surface area contributed by atoms with Crippen molar-refractivity contribution in [1.29, 1.82) is 0 Å². The minimum Gasteiger partial charge on any atom is -0.493 e. The van der Waals surface area contributed by atoms with Gasteiger partial charge in [0.2, 0.25) is 0 Å². The molecule has 2 aromatic rings. The molecule has 0 amide bonds. The van der Waals surface area contributed by atoms with Crippen LogP contribution in [-0.4, -0.2) is 13.2 Å². The van der Waals surface area contributed by atoms with Gasteiger partial charge >= 0.3 is 0 Å². The molecule has 2 aromatic carbocycles. The Balaban J connectivity index is 1.83. The lowest BCUT2D eigenvalue weighted by Gasteiger charge is -2.18. The topological polar surface area (TPSA) is 21.3 Å². The van der Waals surface area contributed by atoms with Crippen molar-refractivity contribution >= 4 is 33.2 Å². The van der Waals surface area contributed by atoms with Crippen LogP contribution in [0.4, 0.5) is 5.69 Å². The summed E-state index contributed by atoms with van der Waals surface area (Å²) in [4.78, 5) is 0. The Morgan fingerprint density at radius 2 is 1.85 bits per heavy atom. The van der Waals surface area contributed by atoms with Gasteiger partial charge in [0.1, 0.15) is 0 Å². The highest BCUT2D eigenvalue weighted by Crippen LogP contribution is 2.37. The van der Waals surface area contributed by atoms with Crippen molar-refractivity contribution in [3.05, 3.63) is 57.0 Å². The number of hydrogen-bond donors (Lipinski definition) is 1. The summed E-state index contributed by atoms with van der Waals surface area (Å²) in [6, 6.07) is 12.7. The molecular weight excluding hydrogens is 338 g/mol. The van der Waals surface area contributed by atoms with E-state index in [2.05, 4.69) is 45.5 Å². The van der Waals surface area contributed by atoms with Gasteiger partial charge in [-0.25, -0.2) is 0 Å². The molecule has 0 atom stereocenters. The molecule has 1 N–H and O–H groups in total. The van der Waals surface area contributed by atoms with E-state index in [1.54, 1.807) is 7.11 Å². The van der Waals surface area contributed by atoms with E-state index in [0.717, 1.165) is 28.8 Å². The first-order valence-corrected chi connectivity index (χ1v) is 7.71. The van der Waals surface area contributed by atoms with Crippen molar-refractivity contribution in [3.8, 4) is 5.75 Å². The molecule has 20 heavy (non-hydrogen) atoms. The Morgan fingerprint density at radius 1 is 1.20 bits per heavy atom. The molecule has 0 saturated heterocycles. The molecule has 0 radical (unpaired) electrons. The van der Waals surface area contributed by atoms with E-state index in [1.165, 1.54) is 11.1 Å². The average molecular weight is 353 g/mol. The average Bonchev–Trinajstić information content (AvgIpc) is 2.80. The third-order valence-corrected chi connectivity index (χ3v) is 4.43. The van der Waals surface area contributed by atoms with E-state index in [9.17, 15) is 0 Å². The van der Waals surface area contributed by atoms with Crippen LogP contribution in [0.1, 0.15) is 11.1 Å². The third kappa shape index (κ3) is 2.65. The number of ether oxygens (including phenoxy) is 1. The van der Waals surface area contributed by atoms with Gasteiger partial charge in [0.25, 0.3) is 0 Å². The zero-order valence-electron chi connectivity index (χ0n) is 11.1. The third-order valence-electron chi connectivity index (χ3n) is 3.62. The zero-order valence-corrected chi connectivity index (χ0v) is 13.5. The fraction of sp³-hybridized carbons (Fsp3) is 0.250. The van der Waals surface area contributed by atoms with E-state index < -0.39 is 0 Å². The van der Waals surface area contributed by atoms with E-state index in [4.69, 9.17) is 16.3 Å². The van der Waals surface area contributed by atoms with Crippen LogP contribution in [0, 0.1) is 0 Å². The molecule has 104 valence electrons. The summed E-state index contributed by atoms with van der Waals surface area (Å²) in [7, 11) is 1.67. The molecule has 0 fully saturated rings. The van der Waals surface area contributed by atoms with Gasteiger partial charge in [0, 0.05) is 11.1 Å². The minimum atomic E-state index is 0.381. The van der Waals surface area contributed by atoms with Crippen molar-refractivity contribution in [1.82, 2.24) is 0 Å². The highest BCUT2D eigenvalue weighted by molar-refractivity contribution is 9.10. The normalized spacial score (nSPS) is 14.2. The monoisotopic (exact) mass is 351 g/mol. The van der Waals surface area contributed by atoms with Gasteiger partial charge in [0.05, 0.1) is 17.3 Å². The van der Waals surface area contributed by atoms with Crippen LogP contribution in [-0.2, 0) is 12.8 Å². The number of rotatable bonds is 3. The SMILES string of the molecule is COc1c(Br)cc(Cl)cc1NC1Cc2ccccc2C1. The summed E-state index contributed by atoms with van der Waals surface area (Å²) < 4.78 is 6.32. The molecule has 0 heterocycles. The van der Waals surface area contributed by atoms with Gasteiger partial charge in [-0.05, 0) is 52.0 Å². The molecule has 4 heteroatoms. The van der Waals surface area contributed by atoms with Crippen LogP contribution >= 0.6 is 27.5 Å². The van der Waals surface area contributed by atoms with Gasteiger partial charge in [-0.15, -0.1) is 0 Å². The lowest BCUT2D eigenvalue weighted by molar-refractivity contribution is 0.413. The number of anilines is 1. The second-order valence-corrected chi connectivity index (χ2v) is 6.28. The maximum Gasteiger partial charge on any atom is 0.156 e. The molecule has 1 aliphatic rings. The van der Waals surface area contributed by atoms with Crippen LogP contribution in [0.3, 0.4) is 0 Å². The largest absolute Gasteiger partial charge is 0.493 e. The quantitative estimate of drug-likeness (QED) is 0.865. The van der Waals surface area contributed by atoms with Crippen LogP contribution in [0.2, 0.25) is 5.02 Å². The molecule has 0 aliphatic heterocycles. The first kappa shape index (κ1) is 13.8. The van der Waals surface area contributed by atoms with Crippen molar-refractivity contribution in [3.63, 3.8) is 0 Å². The smallest absolute Gasteiger partial charge is 0.156 e. The summed E-state index contributed by atoms with van der Waals surface area (Å²) in [6.45, 7) is 0. The Kier molecular flexibility index (Phi) is 3.90. The van der Waals surface area contributed by atoms with Gasteiger partial charge in [-0.2, -0.15) is 0 Å². The lowest BCUT2D eigenvalue weighted by atomic mass is 10.1. The molecule has 3 rings (SSSR count). The number of nitrogens with one attached hydrogen (secondary N) is 1. The predicted molar refractivity (Wildman–Crippen MR) is 87.0 cm³/mol. The number of halogens is 2. The molecule has 0 spiro atoms. The van der Waals surface area contributed by atoms with Gasteiger partial charge in [-0.3, -0.25) is 0 Å². The first-order chi connectivity index (χ1) is 9.67. The highest BCUT2D eigenvalue weighted by Gasteiger charge is 2.22. The zero-order chi connectivity index (χ0) is 14.1. The summed E-state index contributed by atoms with van der Waals surface area (Å²) in [5.41, 5.74) is 3.78. The molecule has 2 nitrogen and oxygen atoms in total. The summed E-state index contributed by atoms with van der Waals surface area (Å²) in [5.74, 6) is 0.797. The molecular formula is C16H15BrClNO. The van der Waals surface area contributed by atoms with Crippen LogP contribution in [0.15, 0.2) is 40.9 Å². The van der Waals surface area contributed by atoms with Crippen LogP contribution < -0.4 is 10.1 Å². The van der Waals surface area contributed by atoms with Crippen LogP contribution in [0.25, 0.3) is 0 Å². The van der Waals surface area contributed by atoms with Crippen molar-refractivity contribution in [2.75, 3.05) is 12.4 Å². The molecule has 0 saturated carbocycles. The summed E-state index contributed by atoms with van der Waals surface area (Å²) >= 11 is 9.61. The highest BCUT2D eigenvalue weighted by atomic mass is 79.9. The number of fused-ring (bicyclic) bond motifs is 1. The number of benzene rings is 2. The number of methoxy groups -OCH3 is 1. The van der Waals surface area contributed by atoms with E-state index >= 15 is 0 Å². The number of hydrogen-bond acceptors (Lipinski definition) is 2. The summed E-state index contributed by atoms with van der Waals surface area (Å²) in [5, 5.41) is 4.24. The van der Waals surface area contributed by atoms with Crippen LogP contribution in [0.5, 0.6) is 5.75 Å². The van der Waals surface area contributed by atoms with Gasteiger partial charge in [-0.1, -0.05) is 35.9 Å². The van der Waals surface area contributed by atoms with Crippen molar-refractivity contribution in [2.24, 2.45) is 0 Å². The first-order valence-electron chi connectivity index (χ1n) is 6.53.